The van der Waals surface area contributed by atoms with Crippen molar-refractivity contribution in [3.63, 3.8) is 0 Å². The summed E-state index contributed by atoms with van der Waals surface area (Å²) in [5.74, 6) is 0. The van der Waals surface area contributed by atoms with Crippen LogP contribution in [0.1, 0.15) is 5.56 Å². The van der Waals surface area contributed by atoms with Crippen LogP contribution in [0.15, 0.2) is 23.1 Å². The quantitative estimate of drug-likeness (QED) is 0.620. The lowest BCUT2D eigenvalue weighted by atomic mass is 10.2. The number of rotatable bonds is 0. The van der Waals surface area contributed by atoms with Gasteiger partial charge in [0.05, 0.1) is 5.52 Å². The largest absolute Gasteiger partial charge is 0.311 e. The summed E-state index contributed by atoms with van der Waals surface area (Å²) in [4.78, 5) is 15.5. The van der Waals surface area contributed by atoms with Crippen LogP contribution in [0.25, 0.3) is 10.9 Å². The van der Waals surface area contributed by atoms with Crippen LogP contribution in [-0.4, -0.2) is 9.55 Å². The molecule has 0 radical (unpaired) electrons. The minimum absolute atomic E-state index is 0.0303. The summed E-state index contributed by atoms with van der Waals surface area (Å²) in [7, 11) is 1.72. The lowest BCUT2D eigenvalue weighted by Gasteiger charge is -2.06. The van der Waals surface area contributed by atoms with Crippen LogP contribution >= 0.6 is 11.6 Å². The van der Waals surface area contributed by atoms with E-state index in [0.717, 1.165) is 16.5 Å². The number of aryl methyl sites for hydroxylation is 2. The topological polar surface area (TPSA) is 34.9 Å². The third kappa shape index (κ3) is 1.30. The van der Waals surface area contributed by atoms with Gasteiger partial charge >= 0.3 is 0 Å². The van der Waals surface area contributed by atoms with E-state index in [1.807, 2.05) is 6.92 Å². The maximum Gasteiger partial charge on any atom is 0.251 e. The number of fused-ring (bicyclic) bond motifs is 1. The second-order valence-corrected chi connectivity index (χ2v) is 3.64. The first-order valence-corrected chi connectivity index (χ1v) is 4.59. The highest BCUT2D eigenvalue weighted by molar-refractivity contribution is 6.30. The van der Waals surface area contributed by atoms with E-state index in [-0.39, 0.29) is 5.56 Å². The molecule has 0 spiro atoms. The molecule has 0 unspecified atom stereocenters. The Morgan fingerprint density at radius 1 is 1.43 bits per heavy atom. The fourth-order valence-electron chi connectivity index (χ4n) is 1.48. The number of halogens is 1. The van der Waals surface area contributed by atoms with E-state index in [2.05, 4.69) is 4.98 Å². The molecule has 0 aliphatic heterocycles. The van der Waals surface area contributed by atoms with E-state index < -0.39 is 0 Å². The van der Waals surface area contributed by atoms with Gasteiger partial charge in [0.1, 0.15) is 5.15 Å². The van der Waals surface area contributed by atoms with E-state index in [1.54, 1.807) is 29.9 Å². The molecule has 0 aromatic carbocycles. The van der Waals surface area contributed by atoms with E-state index in [9.17, 15) is 4.79 Å². The first-order valence-electron chi connectivity index (χ1n) is 4.21. The maximum absolute atomic E-state index is 11.5. The summed E-state index contributed by atoms with van der Waals surface area (Å²) in [5, 5.41) is 1.36. The van der Waals surface area contributed by atoms with Crippen molar-refractivity contribution >= 4 is 22.5 Å². The zero-order valence-electron chi connectivity index (χ0n) is 7.91. The normalized spacial score (nSPS) is 10.8. The van der Waals surface area contributed by atoms with Crippen LogP contribution in [-0.2, 0) is 7.05 Å². The van der Waals surface area contributed by atoms with Crippen LogP contribution < -0.4 is 5.56 Å². The molecule has 0 amide bonds. The minimum Gasteiger partial charge on any atom is -0.311 e. The monoisotopic (exact) mass is 208 g/mol. The Morgan fingerprint density at radius 2 is 2.14 bits per heavy atom. The highest BCUT2D eigenvalue weighted by atomic mass is 35.5. The van der Waals surface area contributed by atoms with Gasteiger partial charge in [-0.3, -0.25) is 4.79 Å². The van der Waals surface area contributed by atoms with Crippen molar-refractivity contribution in [2.24, 2.45) is 7.05 Å². The first kappa shape index (κ1) is 9.21. The van der Waals surface area contributed by atoms with Crippen LogP contribution in [0.3, 0.4) is 0 Å². The predicted molar refractivity (Wildman–Crippen MR) is 56.7 cm³/mol. The number of hydrogen-bond donors (Lipinski definition) is 0. The van der Waals surface area contributed by atoms with Crippen molar-refractivity contribution in [3.05, 3.63) is 39.4 Å². The SMILES string of the molecule is Cc1cc(=O)n(C)c2cc(Cl)ncc12. The molecule has 0 atom stereocenters. The van der Waals surface area contributed by atoms with E-state index in [0.29, 0.717) is 5.15 Å². The van der Waals surface area contributed by atoms with Crippen molar-refractivity contribution in [2.75, 3.05) is 0 Å². The van der Waals surface area contributed by atoms with Crippen LogP contribution in [0.2, 0.25) is 5.15 Å². The lowest BCUT2D eigenvalue weighted by molar-refractivity contribution is 0.901. The molecular weight excluding hydrogens is 200 g/mol. The Morgan fingerprint density at radius 3 is 2.86 bits per heavy atom. The molecule has 0 N–H and O–H groups in total. The van der Waals surface area contributed by atoms with Crippen molar-refractivity contribution in [1.82, 2.24) is 9.55 Å². The molecule has 0 bridgehead atoms. The first-order chi connectivity index (χ1) is 6.59. The van der Waals surface area contributed by atoms with Crippen LogP contribution in [0, 0.1) is 6.92 Å². The summed E-state index contributed by atoms with van der Waals surface area (Å²) in [6.45, 7) is 1.89. The zero-order valence-corrected chi connectivity index (χ0v) is 8.67. The fraction of sp³-hybridized carbons (Fsp3) is 0.200. The Balaban J connectivity index is 3.03. The average Bonchev–Trinajstić information content (AvgIpc) is 2.14. The number of hydrogen-bond acceptors (Lipinski definition) is 2. The van der Waals surface area contributed by atoms with Crippen LogP contribution in [0.5, 0.6) is 0 Å². The summed E-state index contributed by atoms with van der Waals surface area (Å²) in [6.07, 6.45) is 1.69. The predicted octanol–water partition coefficient (Wildman–Crippen LogP) is 1.90. The number of aromatic nitrogens is 2. The summed E-state index contributed by atoms with van der Waals surface area (Å²) >= 11 is 5.77. The molecular formula is C10H9ClN2O. The Bertz CT molecular complexity index is 560. The average molecular weight is 209 g/mol. The van der Waals surface area contributed by atoms with E-state index in [4.69, 9.17) is 11.6 Å². The molecule has 72 valence electrons. The molecule has 0 fully saturated rings. The molecule has 0 aliphatic carbocycles. The highest BCUT2D eigenvalue weighted by Crippen LogP contribution is 2.17. The lowest BCUT2D eigenvalue weighted by Crippen LogP contribution is -2.16. The van der Waals surface area contributed by atoms with E-state index in [1.165, 1.54) is 0 Å². The van der Waals surface area contributed by atoms with Gasteiger partial charge in [0.15, 0.2) is 0 Å². The van der Waals surface area contributed by atoms with Crippen molar-refractivity contribution in [1.29, 1.82) is 0 Å². The summed E-state index contributed by atoms with van der Waals surface area (Å²) in [5.41, 5.74) is 1.71. The molecule has 14 heavy (non-hydrogen) atoms. The Hall–Kier alpha value is -1.35. The second kappa shape index (κ2) is 3.10. The summed E-state index contributed by atoms with van der Waals surface area (Å²) < 4.78 is 1.57. The zero-order chi connectivity index (χ0) is 10.3. The van der Waals surface area contributed by atoms with Gasteiger partial charge in [-0.2, -0.15) is 0 Å². The van der Waals surface area contributed by atoms with Gasteiger partial charge < -0.3 is 4.57 Å². The standard InChI is InChI=1S/C10H9ClN2O/c1-6-3-10(14)13(2)8-4-9(11)12-5-7(6)8/h3-5H,1-2H3. The molecule has 0 saturated carbocycles. The molecule has 0 aliphatic rings. The van der Waals surface area contributed by atoms with Gasteiger partial charge in [-0.25, -0.2) is 4.98 Å². The number of nitrogens with zero attached hydrogens (tertiary/aromatic N) is 2. The third-order valence-electron chi connectivity index (χ3n) is 2.31. The maximum atomic E-state index is 11.5. The van der Waals surface area contributed by atoms with Crippen molar-refractivity contribution < 1.29 is 0 Å². The number of pyridine rings is 2. The molecule has 2 aromatic rings. The fourth-order valence-corrected chi connectivity index (χ4v) is 1.63. The molecule has 2 heterocycles. The molecule has 3 nitrogen and oxygen atoms in total. The minimum atomic E-state index is -0.0303. The molecule has 4 heteroatoms. The van der Waals surface area contributed by atoms with Gasteiger partial charge in [-0.15, -0.1) is 0 Å². The smallest absolute Gasteiger partial charge is 0.251 e. The van der Waals surface area contributed by atoms with Crippen molar-refractivity contribution in [3.8, 4) is 0 Å². The van der Waals surface area contributed by atoms with Crippen molar-refractivity contribution in [2.45, 2.75) is 6.92 Å². The Kier molecular flexibility index (Phi) is 2.04. The van der Waals surface area contributed by atoms with Gasteiger partial charge in [0.2, 0.25) is 0 Å². The Labute approximate surface area is 86.0 Å². The van der Waals surface area contributed by atoms with Crippen LogP contribution in [0.4, 0.5) is 0 Å². The van der Waals surface area contributed by atoms with Gasteiger partial charge in [-0.1, -0.05) is 11.6 Å². The summed E-state index contributed by atoms with van der Waals surface area (Å²) in [6, 6.07) is 3.29. The van der Waals surface area contributed by atoms with Gasteiger partial charge in [0, 0.05) is 24.7 Å². The molecule has 0 saturated heterocycles. The second-order valence-electron chi connectivity index (χ2n) is 3.25. The highest BCUT2D eigenvalue weighted by Gasteiger charge is 2.04. The third-order valence-corrected chi connectivity index (χ3v) is 2.51. The van der Waals surface area contributed by atoms with Gasteiger partial charge in [-0.05, 0) is 18.6 Å². The van der Waals surface area contributed by atoms with E-state index >= 15 is 0 Å². The molecule has 2 rings (SSSR count). The molecule has 2 aromatic heterocycles. The van der Waals surface area contributed by atoms with Gasteiger partial charge in [0.25, 0.3) is 5.56 Å².